The number of hydrogen-bond donors (Lipinski definition) is 3. The Morgan fingerprint density at radius 2 is 1.86 bits per heavy atom. The van der Waals surface area contributed by atoms with Crippen molar-refractivity contribution in [2.45, 2.75) is 32.7 Å². The molecule has 21 heavy (non-hydrogen) atoms. The third-order valence-corrected chi connectivity index (χ3v) is 2.93. The van der Waals surface area contributed by atoms with Crippen molar-refractivity contribution in [1.82, 2.24) is 10.6 Å². The normalized spacial score (nSPS) is 12.3. The van der Waals surface area contributed by atoms with E-state index in [-0.39, 0.29) is 19.2 Å². The number of amides is 2. The molecule has 6 heteroatoms. The van der Waals surface area contributed by atoms with Crippen LogP contribution >= 0.6 is 0 Å². The lowest BCUT2D eigenvalue weighted by atomic mass is 10.0. The number of rotatable bonds is 7. The molecular weight excluding hydrogens is 278 g/mol. The van der Waals surface area contributed by atoms with E-state index in [0.717, 1.165) is 6.07 Å². The van der Waals surface area contributed by atoms with Crippen molar-refractivity contribution in [2.75, 3.05) is 13.2 Å². The summed E-state index contributed by atoms with van der Waals surface area (Å²) in [6.07, 6.45) is 1.01. The molecule has 1 aromatic rings. The molecule has 0 aliphatic carbocycles. The molecular formula is C15H22F2N2O2. The molecule has 1 unspecified atom stereocenters. The number of aliphatic hydroxyl groups is 1. The number of benzene rings is 1. The first kappa shape index (κ1) is 17.4. The van der Waals surface area contributed by atoms with Crippen molar-refractivity contribution >= 4 is 6.03 Å². The minimum atomic E-state index is -0.633. The largest absolute Gasteiger partial charge is 0.394 e. The molecule has 0 saturated heterocycles. The van der Waals surface area contributed by atoms with Crippen LogP contribution in [0.4, 0.5) is 13.6 Å². The predicted octanol–water partition coefficient (Wildman–Crippen LogP) is 2.21. The summed E-state index contributed by atoms with van der Waals surface area (Å²) in [5.74, 6) is -0.906. The molecule has 4 nitrogen and oxygen atoms in total. The van der Waals surface area contributed by atoms with Crippen LogP contribution in [0.15, 0.2) is 18.2 Å². The fourth-order valence-electron chi connectivity index (χ4n) is 2.06. The number of halogens is 2. The Balaban J connectivity index is 2.35. The van der Waals surface area contributed by atoms with Gasteiger partial charge in [-0.3, -0.25) is 0 Å². The van der Waals surface area contributed by atoms with E-state index < -0.39 is 17.7 Å². The van der Waals surface area contributed by atoms with Crippen molar-refractivity contribution in [1.29, 1.82) is 0 Å². The molecule has 2 amide bonds. The van der Waals surface area contributed by atoms with Crippen molar-refractivity contribution in [3.63, 3.8) is 0 Å². The standard InChI is InChI=1S/C15H22F2N2O2/c1-10(2)5-14(9-20)19-15(21)18-4-3-11-6-12(16)8-13(17)7-11/h6-8,10,14,20H,3-5,9H2,1-2H3,(H2,18,19,21). The summed E-state index contributed by atoms with van der Waals surface area (Å²) in [7, 11) is 0. The second-order valence-corrected chi connectivity index (χ2v) is 5.44. The van der Waals surface area contributed by atoms with Gasteiger partial charge in [0.05, 0.1) is 12.6 Å². The highest BCUT2D eigenvalue weighted by molar-refractivity contribution is 5.74. The SMILES string of the molecule is CC(C)CC(CO)NC(=O)NCCc1cc(F)cc(F)c1. The van der Waals surface area contributed by atoms with E-state index in [0.29, 0.717) is 24.3 Å². The smallest absolute Gasteiger partial charge is 0.315 e. The topological polar surface area (TPSA) is 61.4 Å². The van der Waals surface area contributed by atoms with Gasteiger partial charge in [-0.05, 0) is 36.5 Å². The molecule has 1 atom stereocenters. The van der Waals surface area contributed by atoms with Gasteiger partial charge >= 0.3 is 6.03 Å². The molecule has 1 aromatic carbocycles. The van der Waals surface area contributed by atoms with E-state index in [2.05, 4.69) is 10.6 Å². The average Bonchev–Trinajstić information content (AvgIpc) is 2.36. The maximum Gasteiger partial charge on any atom is 0.315 e. The number of urea groups is 1. The Labute approximate surface area is 123 Å². The van der Waals surface area contributed by atoms with Crippen LogP contribution in [0.2, 0.25) is 0 Å². The lowest BCUT2D eigenvalue weighted by Crippen LogP contribution is -2.44. The summed E-state index contributed by atoms with van der Waals surface area (Å²) in [5.41, 5.74) is 0.480. The van der Waals surface area contributed by atoms with Crippen molar-refractivity contribution in [3.05, 3.63) is 35.4 Å². The Bertz CT molecular complexity index is 447. The Kier molecular flexibility index (Phi) is 7.08. The fourth-order valence-corrected chi connectivity index (χ4v) is 2.06. The van der Waals surface area contributed by atoms with Gasteiger partial charge in [0.1, 0.15) is 11.6 Å². The van der Waals surface area contributed by atoms with E-state index >= 15 is 0 Å². The Hall–Kier alpha value is -1.69. The van der Waals surface area contributed by atoms with Gasteiger partial charge in [-0.25, -0.2) is 13.6 Å². The number of hydrogen-bond acceptors (Lipinski definition) is 2. The Morgan fingerprint density at radius 3 is 2.38 bits per heavy atom. The van der Waals surface area contributed by atoms with Gasteiger partial charge < -0.3 is 15.7 Å². The van der Waals surface area contributed by atoms with E-state index in [1.165, 1.54) is 12.1 Å². The van der Waals surface area contributed by atoms with Crippen LogP contribution in [0.5, 0.6) is 0 Å². The van der Waals surface area contributed by atoms with Gasteiger partial charge in [-0.15, -0.1) is 0 Å². The van der Waals surface area contributed by atoms with Gasteiger partial charge in [0.25, 0.3) is 0 Å². The highest BCUT2D eigenvalue weighted by Gasteiger charge is 2.12. The lowest BCUT2D eigenvalue weighted by Gasteiger charge is -2.18. The van der Waals surface area contributed by atoms with Crippen LogP contribution in [0.1, 0.15) is 25.8 Å². The van der Waals surface area contributed by atoms with Gasteiger partial charge in [0, 0.05) is 12.6 Å². The van der Waals surface area contributed by atoms with E-state index in [9.17, 15) is 13.6 Å². The maximum atomic E-state index is 13.0. The van der Waals surface area contributed by atoms with E-state index in [1.807, 2.05) is 13.8 Å². The molecule has 0 bridgehead atoms. The molecule has 0 aliphatic heterocycles. The predicted molar refractivity (Wildman–Crippen MR) is 76.9 cm³/mol. The minimum Gasteiger partial charge on any atom is -0.394 e. The van der Waals surface area contributed by atoms with E-state index in [1.54, 1.807) is 0 Å². The second kappa shape index (κ2) is 8.56. The molecule has 0 fully saturated rings. The zero-order chi connectivity index (χ0) is 15.8. The number of nitrogens with one attached hydrogen (secondary N) is 2. The quantitative estimate of drug-likeness (QED) is 0.723. The summed E-state index contributed by atoms with van der Waals surface area (Å²) < 4.78 is 26.0. The second-order valence-electron chi connectivity index (χ2n) is 5.44. The highest BCUT2D eigenvalue weighted by Crippen LogP contribution is 2.08. The molecule has 0 aromatic heterocycles. The molecule has 1 rings (SSSR count). The summed E-state index contributed by atoms with van der Waals surface area (Å²) in [6.45, 7) is 4.14. The van der Waals surface area contributed by atoms with Crippen LogP contribution in [0, 0.1) is 17.6 Å². The number of carbonyl (C=O) groups is 1. The third kappa shape index (κ3) is 7.04. The maximum absolute atomic E-state index is 13.0. The molecule has 0 radical (unpaired) electrons. The average molecular weight is 300 g/mol. The monoisotopic (exact) mass is 300 g/mol. The van der Waals surface area contributed by atoms with Crippen LogP contribution < -0.4 is 10.6 Å². The molecule has 118 valence electrons. The fraction of sp³-hybridized carbons (Fsp3) is 0.533. The zero-order valence-electron chi connectivity index (χ0n) is 12.3. The van der Waals surface area contributed by atoms with Crippen LogP contribution in [-0.4, -0.2) is 30.3 Å². The summed E-state index contributed by atoms with van der Waals surface area (Å²) in [4.78, 5) is 11.6. The van der Waals surface area contributed by atoms with Crippen LogP contribution in [0.25, 0.3) is 0 Å². The van der Waals surface area contributed by atoms with Gasteiger partial charge in [-0.2, -0.15) is 0 Å². The number of aliphatic hydroxyl groups excluding tert-OH is 1. The van der Waals surface area contributed by atoms with Crippen LogP contribution in [-0.2, 0) is 6.42 Å². The molecule has 3 N–H and O–H groups in total. The number of carbonyl (C=O) groups excluding carboxylic acids is 1. The first-order chi connectivity index (χ1) is 9.90. The summed E-state index contributed by atoms with van der Waals surface area (Å²) in [5, 5.41) is 14.4. The molecule has 0 spiro atoms. The van der Waals surface area contributed by atoms with Crippen molar-refractivity contribution in [2.24, 2.45) is 5.92 Å². The summed E-state index contributed by atoms with van der Waals surface area (Å²) in [6, 6.07) is 2.58. The molecule has 0 saturated carbocycles. The van der Waals surface area contributed by atoms with E-state index in [4.69, 9.17) is 5.11 Å². The summed E-state index contributed by atoms with van der Waals surface area (Å²) >= 11 is 0. The lowest BCUT2D eigenvalue weighted by molar-refractivity contribution is 0.207. The first-order valence-electron chi connectivity index (χ1n) is 7.01. The highest BCUT2D eigenvalue weighted by atomic mass is 19.1. The Morgan fingerprint density at radius 1 is 1.24 bits per heavy atom. The molecule has 0 heterocycles. The minimum absolute atomic E-state index is 0.124. The molecule has 0 aliphatic rings. The van der Waals surface area contributed by atoms with Gasteiger partial charge in [0.15, 0.2) is 0 Å². The van der Waals surface area contributed by atoms with Gasteiger partial charge in [-0.1, -0.05) is 13.8 Å². The van der Waals surface area contributed by atoms with Crippen molar-refractivity contribution < 1.29 is 18.7 Å². The van der Waals surface area contributed by atoms with Crippen LogP contribution in [0.3, 0.4) is 0 Å². The van der Waals surface area contributed by atoms with Gasteiger partial charge in [0.2, 0.25) is 0 Å². The third-order valence-electron chi connectivity index (χ3n) is 2.93. The first-order valence-corrected chi connectivity index (χ1v) is 7.01. The van der Waals surface area contributed by atoms with Crippen molar-refractivity contribution in [3.8, 4) is 0 Å². The zero-order valence-corrected chi connectivity index (χ0v) is 12.3.